The van der Waals surface area contributed by atoms with Gasteiger partial charge in [0.25, 0.3) is 0 Å². The van der Waals surface area contributed by atoms with Crippen molar-refractivity contribution in [2.24, 2.45) is 0 Å². The number of phosphoric acid groups is 1. The van der Waals surface area contributed by atoms with Gasteiger partial charge in [0.1, 0.15) is 0 Å². The maximum atomic E-state index is 8.88. The van der Waals surface area contributed by atoms with Crippen LogP contribution in [0.3, 0.4) is 0 Å². The zero-order valence-electron chi connectivity index (χ0n) is 7.66. The van der Waals surface area contributed by atoms with Gasteiger partial charge in [-0.05, 0) is 0 Å². The molecule has 0 aliphatic carbocycles. The Bertz CT molecular complexity index is 75.2. The second-order valence-electron chi connectivity index (χ2n) is 0.513. The van der Waals surface area contributed by atoms with E-state index in [1.807, 2.05) is 0 Å². The van der Waals surface area contributed by atoms with Gasteiger partial charge in [-0.1, -0.05) is 0 Å². The second kappa shape index (κ2) is 18.7. The summed E-state index contributed by atoms with van der Waals surface area (Å²) in [6, 6.07) is 0. The first-order chi connectivity index (χ1) is 2.00. The van der Waals surface area contributed by atoms with Gasteiger partial charge in [-0.2, -0.15) is 0 Å². The molecule has 10 heavy (non-hydrogen) atoms. The van der Waals surface area contributed by atoms with Gasteiger partial charge in [-0.15, -0.1) is 0 Å². The van der Waals surface area contributed by atoms with Crippen molar-refractivity contribution < 1.29 is 106 Å². The summed E-state index contributed by atoms with van der Waals surface area (Å²) in [7, 11) is -4.64. The summed E-state index contributed by atoms with van der Waals surface area (Å²) in [6.07, 6.45) is 0. The first-order valence-corrected chi connectivity index (χ1v) is 2.35. The number of halogens is 2. The summed E-state index contributed by atoms with van der Waals surface area (Å²) < 4.78 is 8.88. The molecule has 52 valence electrons. The Kier molecular flexibility index (Phi) is 69.1. The van der Waals surface area contributed by atoms with Crippen LogP contribution in [0, 0.1) is 0 Å². The molecule has 0 amide bonds. The average Bonchev–Trinajstić information content (AvgIpc) is 0.722. The van der Waals surface area contributed by atoms with E-state index in [1.165, 1.54) is 0 Å². The summed E-state index contributed by atoms with van der Waals surface area (Å²) in [6.45, 7) is 0. The average molecular weight is 257 g/mol. The predicted molar refractivity (Wildman–Crippen MR) is 22.2 cm³/mol. The van der Waals surface area contributed by atoms with Crippen molar-refractivity contribution in [1.82, 2.24) is 0 Å². The number of hydrogen-bond donors (Lipinski definition) is 3. The Balaban J connectivity index is -0.00000000381. The van der Waals surface area contributed by atoms with Crippen LogP contribution >= 0.6 is 7.82 Å². The van der Waals surface area contributed by atoms with E-state index in [1.54, 1.807) is 0 Å². The minimum atomic E-state index is -4.64. The standard InChI is InChI=1S/Ca.2ClH.2Na.H3O4P.2H/c;;;;;1-5(2,3)4;;/h;2*1H;;;(H3,1,2,3,4);;/q+2;;;2*+1;;2*-1/p-2. The Morgan fingerprint density at radius 3 is 1.00 bits per heavy atom. The molecule has 0 aromatic heterocycles. The molecule has 0 bridgehead atoms. The molecule has 0 aliphatic heterocycles. The van der Waals surface area contributed by atoms with Crippen LogP contribution in [0.5, 0.6) is 0 Å². The van der Waals surface area contributed by atoms with Gasteiger partial charge in [0, 0.05) is 0 Å². The van der Waals surface area contributed by atoms with Gasteiger partial charge in [-0.3, -0.25) is 0 Å². The molecular weight excluding hydrogens is 252 g/mol. The summed E-state index contributed by atoms with van der Waals surface area (Å²) in [5.41, 5.74) is 0. The van der Waals surface area contributed by atoms with E-state index in [-0.39, 0.29) is 125 Å². The van der Waals surface area contributed by atoms with E-state index in [0.717, 1.165) is 0 Å². The minimum Gasteiger partial charge on any atom is -1.00 e. The normalized spacial score (nSPS) is 5.90. The molecule has 0 fully saturated rings. The van der Waals surface area contributed by atoms with Gasteiger partial charge < -0.3 is 42.3 Å². The Morgan fingerprint density at radius 2 is 1.00 bits per heavy atom. The van der Waals surface area contributed by atoms with Crippen LogP contribution in [-0.4, -0.2) is 52.4 Å². The molecule has 0 aromatic carbocycles. The van der Waals surface area contributed by atoms with Gasteiger partial charge in [0.15, 0.2) is 0 Å². The monoisotopic (exact) mass is 256 g/mol. The van der Waals surface area contributed by atoms with Crippen LogP contribution in [0.2, 0.25) is 0 Å². The van der Waals surface area contributed by atoms with Gasteiger partial charge in [-0.25, -0.2) is 4.57 Å². The third-order valence-electron chi connectivity index (χ3n) is 0. The summed E-state index contributed by atoms with van der Waals surface area (Å²) >= 11 is 0. The molecule has 4 nitrogen and oxygen atoms in total. The Labute approximate surface area is 149 Å². The molecule has 10 heteroatoms. The van der Waals surface area contributed by atoms with Gasteiger partial charge in [0.2, 0.25) is 0 Å². The third kappa shape index (κ3) is 91.8. The van der Waals surface area contributed by atoms with E-state index in [0.29, 0.717) is 0 Å². The van der Waals surface area contributed by atoms with Crippen LogP contribution < -0.4 is 83.9 Å². The second-order valence-corrected chi connectivity index (χ2v) is 1.54. The SMILES string of the molecule is O=P(O)(O)O.[Ca+2].[Cl-].[Cl-].[H-].[H-].[Na+].[Na+]. The molecule has 3 N–H and O–H groups in total. The fourth-order valence-electron chi connectivity index (χ4n) is 0. The molecule has 0 unspecified atom stereocenters. The van der Waals surface area contributed by atoms with Crippen molar-refractivity contribution in [3.8, 4) is 0 Å². The first kappa shape index (κ1) is 37.0. The van der Waals surface area contributed by atoms with Crippen LogP contribution in [-0.2, 0) is 4.57 Å². The van der Waals surface area contributed by atoms with E-state index >= 15 is 0 Å². The summed E-state index contributed by atoms with van der Waals surface area (Å²) in [5.74, 6) is 0. The zero-order valence-corrected chi connectivity index (χ0v) is 14.3. The molecule has 0 saturated carbocycles. The Morgan fingerprint density at radius 1 is 1.00 bits per heavy atom. The van der Waals surface area contributed by atoms with Crippen molar-refractivity contribution in [1.29, 1.82) is 0 Å². The molecule has 0 rings (SSSR count). The smallest absolute Gasteiger partial charge is 1.00 e. The maximum Gasteiger partial charge on any atom is 2.00 e. The topological polar surface area (TPSA) is 77.8 Å². The van der Waals surface area contributed by atoms with Gasteiger partial charge >= 0.3 is 105 Å². The Hall–Kier alpha value is 3.95. The molecule has 0 spiro atoms. The van der Waals surface area contributed by atoms with Crippen molar-refractivity contribution >= 4 is 45.6 Å². The van der Waals surface area contributed by atoms with Crippen LogP contribution in [0.15, 0.2) is 0 Å². The molecule has 0 radical (unpaired) electrons. The predicted octanol–water partition coefficient (Wildman–Crippen LogP) is -13.1. The van der Waals surface area contributed by atoms with Crippen molar-refractivity contribution in [3.63, 3.8) is 0 Å². The fraction of sp³-hybridized carbons (Fsp3) is 0. The van der Waals surface area contributed by atoms with Crippen molar-refractivity contribution in [2.45, 2.75) is 0 Å². The molecule has 0 atom stereocenters. The molecular formula is H5CaCl2Na2O4P. The van der Waals surface area contributed by atoms with Crippen LogP contribution in [0.1, 0.15) is 2.85 Å². The fourth-order valence-corrected chi connectivity index (χ4v) is 0. The van der Waals surface area contributed by atoms with Crippen molar-refractivity contribution in [2.75, 3.05) is 0 Å². The molecule has 0 aromatic rings. The minimum absolute atomic E-state index is 0. The number of rotatable bonds is 0. The van der Waals surface area contributed by atoms with E-state index < -0.39 is 7.82 Å². The van der Waals surface area contributed by atoms with E-state index in [9.17, 15) is 0 Å². The maximum absolute atomic E-state index is 8.88. The summed E-state index contributed by atoms with van der Waals surface area (Å²) in [4.78, 5) is 21.6. The summed E-state index contributed by atoms with van der Waals surface area (Å²) in [5, 5.41) is 0. The third-order valence-corrected chi connectivity index (χ3v) is 0. The van der Waals surface area contributed by atoms with Crippen LogP contribution in [0.25, 0.3) is 0 Å². The largest absolute Gasteiger partial charge is 2.00 e. The molecule has 0 heterocycles. The quantitative estimate of drug-likeness (QED) is 0.297. The number of hydrogen-bond acceptors (Lipinski definition) is 1. The molecule has 0 saturated heterocycles. The molecule has 0 aliphatic rings. The first-order valence-electron chi connectivity index (χ1n) is 0.783. The van der Waals surface area contributed by atoms with Crippen LogP contribution in [0.4, 0.5) is 0 Å². The van der Waals surface area contributed by atoms with E-state index in [4.69, 9.17) is 19.2 Å². The van der Waals surface area contributed by atoms with Crippen molar-refractivity contribution in [3.05, 3.63) is 0 Å². The van der Waals surface area contributed by atoms with E-state index in [2.05, 4.69) is 0 Å². The van der Waals surface area contributed by atoms with Gasteiger partial charge in [0.05, 0.1) is 0 Å². The zero-order chi connectivity index (χ0) is 4.50.